The minimum Gasteiger partial charge on any atom is -0.455 e. The van der Waals surface area contributed by atoms with Crippen molar-refractivity contribution in [3.8, 4) is 16.8 Å². The molecule has 0 fully saturated rings. The Morgan fingerprint density at radius 3 is 1.54 bits per heavy atom. The third-order valence-electron chi connectivity index (χ3n) is 12.7. The summed E-state index contributed by atoms with van der Waals surface area (Å²) in [7, 11) is 0. The van der Waals surface area contributed by atoms with Crippen LogP contribution in [-0.2, 0) is 0 Å². The number of hydrogen-bond donors (Lipinski definition) is 0. The maximum absolute atomic E-state index is 6.93. The van der Waals surface area contributed by atoms with E-state index in [1.54, 1.807) is 0 Å². The van der Waals surface area contributed by atoms with Crippen molar-refractivity contribution in [2.24, 2.45) is 0 Å². The van der Waals surface area contributed by atoms with E-state index in [1.807, 2.05) is 0 Å². The van der Waals surface area contributed by atoms with Crippen molar-refractivity contribution >= 4 is 104 Å². The van der Waals surface area contributed by atoms with E-state index in [0.29, 0.717) is 0 Å². The second-order valence-electron chi connectivity index (χ2n) is 16.0. The Hall–Kier alpha value is -8.14. The van der Waals surface area contributed by atoms with E-state index in [4.69, 9.17) is 4.42 Å². The van der Waals surface area contributed by atoms with Gasteiger partial charge in [0.1, 0.15) is 11.2 Å². The molecule has 2 heterocycles. The van der Waals surface area contributed by atoms with Gasteiger partial charge in [0.2, 0.25) is 0 Å². The third kappa shape index (κ3) is 5.04. The van der Waals surface area contributed by atoms with Crippen LogP contribution >= 0.6 is 0 Å². The molecule has 11 aromatic carbocycles. The van der Waals surface area contributed by atoms with E-state index in [0.717, 1.165) is 77.6 Å². The van der Waals surface area contributed by atoms with Gasteiger partial charge in [-0.05, 0) is 110 Å². The molecular formula is C58H36N2O. The van der Waals surface area contributed by atoms with Crippen molar-refractivity contribution in [3.63, 3.8) is 0 Å². The standard InChI is InChI=1S/C58H36N2O/c1-3-16-39(17-4-1)59(40-18-5-2-6-19-40)41-29-31-42(32-30-41)60-56-43-20-8-7-15-37(43)27-34-50(56)55-57(60)51(36-53-49-25-13-14-26-54(49)61-58(53)55)38-28-33-48-46-23-10-9-21-44(46)45-22-11-12-24-47(45)52(48)35-38/h1-36H. The first-order chi connectivity index (χ1) is 30.3. The lowest BCUT2D eigenvalue weighted by molar-refractivity contribution is 0.673. The van der Waals surface area contributed by atoms with Crippen LogP contribution in [0.1, 0.15) is 0 Å². The first-order valence-electron chi connectivity index (χ1n) is 20.9. The van der Waals surface area contributed by atoms with Gasteiger partial charge in [-0.25, -0.2) is 0 Å². The molecule has 2 aromatic heterocycles. The largest absolute Gasteiger partial charge is 0.455 e. The molecule has 0 saturated carbocycles. The number of para-hydroxylation sites is 3. The molecule has 284 valence electrons. The molecule has 13 rings (SSSR count). The Balaban J connectivity index is 1.15. The van der Waals surface area contributed by atoms with Crippen LogP contribution < -0.4 is 4.90 Å². The molecule has 0 bridgehead atoms. The zero-order valence-corrected chi connectivity index (χ0v) is 33.1. The summed E-state index contributed by atoms with van der Waals surface area (Å²) in [6.45, 7) is 0. The highest BCUT2D eigenvalue weighted by Gasteiger charge is 2.25. The Morgan fingerprint density at radius 1 is 0.344 bits per heavy atom. The number of benzene rings is 11. The van der Waals surface area contributed by atoms with Gasteiger partial charge in [-0.3, -0.25) is 0 Å². The van der Waals surface area contributed by atoms with Gasteiger partial charge in [0.25, 0.3) is 0 Å². The van der Waals surface area contributed by atoms with Crippen LogP contribution in [0.4, 0.5) is 17.1 Å². The van der Waals surface area contributed by atoms with Gasteiger partial charge in [0, 0.05) is 49.9 Å². The van der Waals surface area contributed by atoms with E-state index in [2.05, 4.69) is 228 Å². The zero-order chi connectivity index (χ0) is 40.0. The summed E-state index contributed by atoms with van der Waals surface area (Å²) in [6, 6.07) is 79.2. The molecule has 61 heavy (non-hydrogen) atoms. The van der Waals surface area contributed by atoms with Gasteiger partial charge < -0.3 is 13.9 Å². The third-order valence-corrected chi connectivity index (χ3v) is 12.7. The highest BCUT2D eigenvalue weighted by atomic mass is 16.3. The van der Waals surface area contributed by atoms with Crippen LogP contribution in [0.25, 0.3) is 104 Å². The molecule has 3 heteroatoms. The predicted octanol–water partition coefficient (Wildman–Crippen LogP) is 16.4. The number of hydrogen-bond acceptors (Lipinski definition) is 2. The summed E-state index contributed by atoms with van der Waals surface area (Å²) in [5.74, 6) is 0. The van der Waals surface area contributed by atoms with Crippen molar-refractivity contribution in [2.45, 2.75) is 0 Å². The number of rotatable bonds is 5. The summed E-state index contributed by atoms with van der Waals surface area (Å²) in [5.41, 5.74) is 10.8. The lowest BCUT2D eigenvalue weighted by Gasteiger charge is -2.25. The number of anilines is 3. The lowest BCUT2D eigenvalue weighted by atomic mass is 9.91. The average molecular weight is 777 g/mol. The molecule has 0 atom stereocenters. The van der Waals surface area contributed by atoms with E-state index in [9.17, 15) is 0 Å². The molecule has 0 amide bonds. The summed E-state index contributed by atoms with van der Waals surface area (Å²) in [6.07, 6.45) is 0. The van der Waals surface area contributed by atoms with Crippen molar-refractivity contribution in [1.29, 1.82) is 0 Å². The SMILES string of the molecule is c1ccc(N(c2ccccc2)c2ccc(-n3c4c(-c5ccc6c7ccccc7c7ccccc7c6c5)cc5c6ccccc6oc5c4c4ccc5ccccc5c43)cc2)cc1. The van der Waals surface area contributed by atoms with Gasteiger partial charge in [-0.15, -0.1) is 0 Å². The van der Waals surface area contributed by atoms with Crippen molar-refractivity contribution in [3.05, 3.63) is 218 Å². The van der Waals surface area contributed by atoms with E-state index < -0.39 is 0 Å². The van der Waals surface area contributed by atoms with E-state index in [-0.39, 0.29) is 0 Å². The van der Waals surface area contributed by atoms with Crippen LogP contribution in [0.5, 0.6) is 0 Å². The monoisotopic (exact) mass is 776 g/mol. The lowest BCUT2D eigenvalue weighted by Crippen LogP contribution is -2.09. The molecular weight excluding hydrogens is 741 g/mol. The Morgan fingerprint density at radius 2 is 0.869 bits per heavy atom. The fourth-order valence-corrected chi connectivity index (χ4v) is 10.0. The molecule has 3 nitrogen and oxygen atoms in total. The number of aromatic nitrogens is 1. The first kappa shape index (κ1) is 33.8. The second-order valence-corrected chi connectivity index (χ2v) is 16.0. The fourth-order valence-electron chi connectivity index (χ4n) is 10.0. The van der Waals surface area contributed by atoms with E-state index >= 15 is 0 Å². The first-order valence-corrected chi connectivity index (χ1v) is 20.9. The molecule has 0 saturated heterocycles. The van der Waals surface area contributed by atoms with Gasteiger partial charge in [-0.2, -0.15) is 0 Å². The van der Waals surface area contributed by atoms with Crippen molar-refractivity contribution in [1.82, 2.24) is 4.57 Å². The number of furan rings is 1. The molecule has 13 aromatic rings. The molecule has 0 radical (unpaired) electrons. The topological polar surface area (TPSA) is 21.3 Å². The predicted molar refractivity (Wildman–Crippen MR) is 258 cm³/mol. The normalized spacial score (nSPS) is 11.9. The van der Waals surface area contributed by atoms with Crippen LogP contribution in [0.15, 0.2) is 223 Å². The van der Waals surface area contributed by atoms with Gasteiger partial charge >= 0.3 is 0 Å². The smallest absolute Gasteiger partial charge is 0.145 e. The van der Waals surface area contributed by atoms with Crippen LogP contribution in [0.3, 0.4) is 0 Å². The molecule has 0 spiro atoms. The van der Waals surface area contributed by atoms with Gasteiger partial charge in [0.15, 0.2) is 0 Å². The number of fused-ring (bicyclic) bond motifs is 15. The zero-order valence-electron chi connectivity index (χ0n) is 33.1. The Labute approximate surface area is 351 Å². The Kier molecular flexibility index (Phi) is 7.31. The van der Waals surface area contributed by atoms with Crippen molar-refractivity contribution in [2.75, 3.05) is 4.90 Å². The van der Waals surface area contributed by atoms with Crippen LogP contribution in [0.2, 0.25) is 0 Å². The highest BCUT2D eigenvalue weighted by Crippen LogP contribution is 2.48. The summed E-state index contributed by atoms with van der Waals surface area (Å²) < 4.78 is 9.43. The summed E-state index contributed by atoms with van der Waals surface area (Å²) in [5, 5.41) is 14.5. The van der Waals surface area contributed by atoms with Crippen LogP contribution in [-0.4, -0.2) is 4.57 Å². The van der Waals surface area contributed by atoms with Gasteiger partial charge in [0.05, 0.1) is 16.4 Å². The molecule has 0 aliphatic heterocycles. The summed E-state index contributed by atoms with van der Waals surface area (Å²) in [4.78, 5) is 2.32. The second kappa shape index (κ2) is 13.2. The van der Waals surface area contributed by atoms with E-state index in [1.165, 1.54) is 43.1 Å². The summed E-state index contributed by atoms with van der Waals surface area (Å²) >= 11 is 0. The minimum absolute atomic E-state index is 0.889. The van der Waals surface area contributed by atoms with Crippen molar-refractivity contribution < 1.29 is 4.42 Å². The fraction of sp³-hybridized carbons (Fsp3) is 0. The molecule has 0 aliphatic rings. The average Bonchev–Trinajstić information content (AvgIpc) is 3.89. The molecule has 0 N–H and O–H groups in total. The minimum atomic E-state index is 0.889. The van der Waals surface area contributed by atoms with Crippen LogP contribution in [0, 0.1) is 0 Å². The maximum atomic E-state index is 6.93. The molecule has 0 aliphatic carbocycles. The maximum Gasteiger partial charge on any atom is 0.145 e. The van der Waals surface area contributed by atoms with Gasteiger partial charge in [-0.1, -0.05) is 152 Å². The molecule has 0 unspecified atom stereocenters. The quantitative estimate of drug-likeness (QED) is 0.162. The number of nitrogens with zero attached hydrogens (tertiary/aromatic N) is 2. The highest BCUT2D eigenvalue weighted by molar-refractivity contribution is 6.31. The Bertz CT molecular complexity index is 3790.